The summed E-state index contributed by atoms with van der Waals surface area (Å²) in [5.74, 6) is 2.35. The molecule has 1 aliphatic carbocycles. The van der Waals surface area contributed by atoms with Crippen molar-refractivity contribution in [1.29, 1.82) is 0 Å². The molecule has 1 amide bonds. The fourth-order valence-electron chi connectivity index (χ4n) is 3.57. The van der Waals surface area contributed by atoms with Crippen LogP contribution in [0.1, 0.15) is 54.7 Å². The fourth-order valence-corrected chi connectivity index (χ4v) is 3.57. The summed E-state index contributed by atoms with van der Waals surface area (Å²) in [5, 5.41) is 6.93. The van der Waals surface area contributed by atoms with E-state index in [0.29, 0.717) is 30.0 Å². The van der Waals surface area contributed by atoms with Gasteiger partial charge < -0.3 is 9.84 Å². The summed E-state index contributed by atoms with van der Waals surface area (Å²) in [6, 6.07) is 10.4. The number of aryl methyl sites for hydroxylation is 1. The predicted molar refractivity (Wildman–Crippen MR) is 89.3 cm³/mol. The van der Waals surface area contributed by atoms with Crippen molar-refractivity contribution in [3.05, 3.63) is 52.9 Å². The first kappa shape index (κ1) is 15.8. The van der Waals surface area contributed by atoms with Gasteiger partial charge in [0.25, 0.3) is 0 Å². The van der Waals surface area contributed by atoms with Crippen LogP contribution >= 0.6 is 0 Å². The van der Waals surface area contributed by atoms with Crippen molar-refractivity contribution in [1.82, 2.24) is 10.5 Å². The van der Waals surface area contributed by atoms with E-state index < -0.39 is 0 Å². The predicted octanol–water partition coefficient (Wildman–Crippen LogP) is 3.57. The van der Waals surface area contributed by atoms with Gasteiger partial charge in [-0.25, -0.2) is 0 Å². The average Bonchev–Trinajstić information content (AvgIpc) is 3.09. The number of fused-ring (bicyclic) bond motifs is 1. The summed E-state index contributed by atoms with van der Waals surface area (Å²) in [7, 11) is 0. The second kappa shape index (κ2) is 6.57. The van der Waals surface area contributed by atoms with E-state index >= 15 is 0 Å². The summed E-state index contributed by atoms with van der Waals surface area (Å²) < 4.78 is 5.00. The summed E-state index contributed by atoms with van der Waals surface area (Å²) in [4.78, 5) is 12.1. The maximum Gasteiger partial charge on any atom is 0.226 e. The Morgan fingerprint density at radius 2 is 2.09 bits per heavy atom. The molecule has 1 aromatic carbocycles. The van der Waals surface area contributed by atoms with Crippen molar-refractivity contribution < 1.29 is 9.32 Å². The molecule has 0 unspecified atom stereocenters. The fraction of sp³-hybridized carbons (Fsp3) is 0.474. The van der Waals surface area contributed by atoms with Crippen LogP contribution in [-0.4, -0.2) is 17.6 Å². The molecule has 2 aromatic rings. The molecule has 1 N–H and O–H groups in total. The lowest BCUT2D eigenvalue weighted by atomic mass is 9.90. The number of carbonyl (C=O) groups excluding carboxylic acids is 1. The van der Waals surface area contributed by atoms with E-state index in [0.717, 1.165) is 12.2 Å². The Morgan fingerprint density at radius 3 is 2.74 bits per heavy atom. The summed E-state index contributed by atoms with van der Waals surface area (Å²) in [5.41, 5.74) is 3.53. The second-order valence-electron chi connectivity index (χ2n) is 6.82. The topological polar surface area (TPSA) is 55.1 Å². The monoisotopic (exact) mass is 312 g/mol. The molecule has 1 aromatic heterocycles. The molecule has 4 heteroatoms. The van der Waals surface area contributed by atoms with Gasteiger partial charge in [-0.2, -0.15) is 0 Å². The lowest BCUT2D eigenvalue weighted by molar-refractivity contribution is -0.120. The van der Waals surface area contributed by atoms with Crippen LogP contribution in [0.15, 0.2) is 34.9 Å². The van der Waals surface area contributed by atoms with Gasteiger partial charge in [0.1, 0.15) is 5.76 Å². The number of aromatic nitrogens is 1. The quantitative estimate of drug-likeness (QED) is 0.918. The van der Waals surface area contributed by atoms with Crippen LogP contribution in [0.2, 0.25) is 0 Å². The Bertz CT molecular complexity index is 690. The molecule has 0 spiro atoms. The number of benzene rings is 1. The standard InChI is InChI=1S/C19H24N2O2/c1-12(2)18-9-14(16-6-4-5-7-17(16)18)11-20-19(22)10-15-8-13(3)23-21-15/h4-8,12,14,18H,9-11H2,1-3H3,(H,20,22)/t14-,18-/m0/s1. The lowest BCUT2D eigenvalue weighted by Crippen LogP contribution is -2.29. The normalized spacial score (nSPS) is 19.8. The number of hydrogen-bond donors (Lipinski definition) is 1. The van der Waals surface area contributed by atoms with Gasteiger partial charge in [-0.05, 0) is 36.3 Å². The van der Waals surface area contributed by atoms with E-state index in [9.17, 15) is 4.79 Å². The van der Waals surface area contributed by atoms with Gasteiger partial charge in [-0.3, -0.25) is 4.79 Å². The SMILES string of the molecule is Cc1cc(CC(=O)NC[C@@H]2C[C@@H](C(C)C)c3ccccc32)no1. The Labute approximate surface area is 137 Å². The molecule has 0 aliphatic heterocycles. The second-order valence-corrected chi connectivity index (χ2v) is 6.82. The molecule has 1 heterocycles. The Morgan fingerprint density at radius 1 is 1.35 bits per heavy atom. The summed E-state index contributed by atoms with van der Waals surface area (Å²) in [6.07, 6.45) is 1.39. The molecule has 0 bridgehead atoms. The number of hydrogen-bond acceptors (Lipinski definition) is 3. The zero-order valence-corrected chi connectivity index (χ0v) is 14.0. The molecule has 3 rings (SSSR count). The maximum atomic E-state index is 12.1. The number of rotatable bonds is 5. The van der Waals surface area contributed by atoms with Gasteiger partial charge in [0, 0.05) is 18.5 Å². The van der Waals surface area contributed by atoms with Gasteiger partial charge >= 0.3 is 0 Å². The van der Waals surface area contributed by atoms with Crippen LogP contribution in [0.5, 0.6) is 0 Å². The van der Waals surface area contributed by atoms with Crippen LogP contribution in [0.4, 0.5) is 0 Å². The molecule has 2 atom stereocenters. The van der Waals surface area contributed by atoms with Gasteiger partial charge in [-0.1, -0.05) is 43.3 Å². The third kappa shape index (κ3) is 3.46. The molecule has 0 saturated heterocycles. The largest absolute Gasteiger partial charge is 0.361 e. The minimum Gasteiger partial charge on any atom is -0.361 e. The first-order valence-electron chi connectivity index (χ1n) is 8.32. The van der Waals surface area contributed by atoms with Crippen molar-refractivity contribution in [3.63, 3.8) is 0 Å². The van der Waals surface area contributed by atoms with Crippen LogP contribution in [0, 0.1) is 12.8 Å². The zero-order valence-electron chi connectivity index (χ0n) is 14.0. The molecular formula is C19H24N2O2. The molecule has 0 saturated carbocycles. The highest BCUT2D eigenvalue weighted by Crippen LogP contribution is 2.44. The van der Waals surface area contributed by atoms with Gasteiger partial charge in [0.15, 0.2) is 0 Å². The van der Waals surface area contributed by atoms with Crippen molar-refractivity contribution in [2.75, 3.05) is 6.54 Å². The number of carbonyl (C=O) groups is 1. The van der Waals surface area contributed by atoms with Crippen molar-refractivity contribution in [3.8, 4) is 0 Å². The Balaban J connectivity index is 1.61. The highest BCUT2D eigenvalue weighted by molar-refractivity contribution is 5.78. The molecule has 4 nitrogen and oxygen atoms in total. The zero-order chi connectivity index (χ0) is 16.4. The number of amides is 1. The number of nitrogens with one attached hydrogen (secondary N) is 1. The number of nitrogens with zero attached hydrogens (tertiary/aromatic N) is 1. The van der Waals surface area contributed by atoms with Gasteiger partial charge in [0.2, 0.25) is 5.91 Å². The minimum atomic E-state index is 0.00350. The van der Waals surface area contributed by atoms with Gasteiger partial charge in [-0.15, -0.1) is 0 Å². The smallest absolute Gasteiger partial charge is 0.226 e. The lowest BCUT2D eigenvalue weighted by Gasteiger charge is -2.16. The van der Waals surface area contributed by atoms with Crippen LogP contribution in [0.25, 0.3) is 0 Å². The molecule has 1 aliphatic rings. The molecule has 122 valence electrons. The van der Waals surface area contributed by atoms with E-state index in [2.05, 4.69) is 48.6 Å². The molecule has 0 radical (unpaired) electrons. The van der Waals surface area contributed by atoms with E-state index in [1.165, 1.54) is 11.1 Å². The Kier molecular flexibility index (Phi) is 4.51. The van der Waals surface area contributed by atoms with Crippen molar-refractivity contribution >= 4 is 5.91 Å². The highest BCUT2D eigenvalue weighted by Gasteiger charge is 2.32. The first-order chi connectivity index (χ1) is 11.0. The first-order valence-corrected chi connectivity index (χ1v) is 8.32. The average molecular weight is 312 g/mol. The Hall–Kier alpha value is -2.10. The van der Waals surface area contributed by atoms with Crippen LogP contribution in [0.3, 0.4) is 0 Å². The molecule has 23 heavy (non-hydrogen) atoms. The molecular weight excluding hydrogens is 288 g/mol. The van der Waals surface area contributed by atoms with E-state index in [4.69, 9.17) is 4.52 Å². The summed E-state index contributed by atoms with van der Waals surface area (Å²) in [6.45, 7) is 7.07. The van der Waals surface area contributed by atoms with Crippen molar-refractivity contribution in [2.45, 2.75) is 45.4 Å². The van der Waals surface area contributed by atoms with E-state index in [1.807, 2.05) is 6.92 Å². The van der Waals surface area contributed by atoms with E-state index in [1.54, 1.807) is 6.07 Å². The third-order valence-electron chi connectivity index (χ3n) is 4.74. The summed E-state index contributed by atoms with van der Waals surface area (Å²) >= 11 is 0. The minimum absolute atomic E-state index is 0.00350. The maximum absolute atomic E-state index is 12.1. The highest BCUT2D eigenvalue weighted by atomic mass is 16.5. The molecule has 0 fully saturated rings. The third-order valence-corrected chi connectivity index (χ3v) is 4.74. The van der Waals surface area contributed by atoms with Crippen molar-refractivity contribution in [2.24, 2.45) is 5.92 Å². The van der Waals surface area contributed by atoms with E-state index in [-0.39, 0.29) is 12.3 Å². The van der Waals surface area contributed by atoms with Gasteiger partial charge in [0.05, 0.1) is 12.1 Å². The van der Waals surface area contributed by atoms with Crippen LogP contribution in [-0.2, 0) is 11.2 Å². The van der Waals surface area contributed by atoms with Crippen LogP contribution < -0.4 is 5.32 Å².